The second kappa shape index (κ2) is 4.85. The molecule has 0 fully saturated rings. The summed E-state index contributed by atoms with van der Waals surface area (Å²) in [4.78, 5) is 2.70. The molecule has 2 nitrogen and oxygen atoms in total. The molecule has 1 aromatic heterocycles. The van der Waals surface area contributed by atoms with E-state index in [2.05, 4.69) is 37.4 Å². The second-order valence-electron chi connectivity index (χ2n) is 4.21. The lowest BCUT2D eigenvalue weighted by Crippen LogP contribution is -2.21. The minimum absolute atomic E-state index is 0.935. The molecule has 0 bridgehead atoms. The van der Waals surface area contributed by atoms with E-state index in [1.807, 2.05) is 11.3 Å². The van der Waals surface area contributed by atoms with Crippen LogP contribution in [0.5, 0.6) is 0 Å². The quantitative estimate of drug-likeness (QED) is 0.784. The molecule has 0 aliphatic carbocycles. The maximum Gasteiger partial charge on any atom is 0.0318 e. The number of nitrogens with one attached hydrogen (secondary N) is 1. The fourth-order valence-electron chi connectivity index (χ4n) is 1.81. The lowest BCUT2D eigenvalue weighted by molar-refractivity contribution is 0.734. The van der Waals surface area contributed by atoms with Crippen molar-refractivity contribution in [1.82, 2.24) is 5.32 Å². The van der Waals surface area contributed by atoms with E-state index in [1.165, 1.54) is 20.9 Å². The molecule has 3 N–H and O–H groups in total. The van der Waals surface area contributed by atoms with Crippen molar-refractivity contribution in [3.05, 3.63) is 39.2 Å². The average molecular weight is 234 g/mol. The van der Waals surface area contributed by atoms with Gasteiger partial charge in [0.15, 0.2) is 0 Å². The summed E-state index contributed by atoms with van der Waals surface area (Å²) in [6.07, 6.45) is 3.16. The van der Waals surface area contributed by atoms with Gasteiger partial charge in [-0.3, -0.25) is 0 Å². The van der Waals surface area contributed by atoms with Gasteiger partial charge in [0.1, 0.15) is 0 Å². The largest absolute Gasteiger partial charge is 0.402 e. The highest BCUT2D eigenvalue weighted by molar-refractivity contribution is 7.13. The Morgan fingerprint density at radius 2 is 2.12 bits per heavy atom. The number of rotatable bonds is 1. The fraction of sp³-hybridized carbons (Fsp3) is 0.385. The molecule has 2 rings (SSSR count). The maximum atomic E-state index is 5.99. The zero-order valence-electron chi connectivity index (χ0n) is 9.84. The molecule has 16 heavy (non-hydrogen) atoms. The van der Waals surface area contributed by atoms with E-state index in [9.17, 15) is 0 Å². The Kier molecular flexibility index (Phi) is 3.46. The van der Waals surface area contributed by atoms with Gasteiger partial charge in [0.05, 0.1) is 0 Å². The molecular weight excluding hydrogens is 216 g/mol. The van der Waals surface area contributed by atoms with Crippen LogP contribution in [0, 0.1) is 6.92 Å². The molecule has 0 unspecified atom stereocenters. The van der Waals surface area contributed by atoms with Crippen molar-refractivity contribution in [1.29, 1.82) is 0 Å². The zero-order valence-corrected chi connectivity index (χ0v) is 10.7. The van der Waals surface area contributed by atoms with Gasteiger partial charge in [-0.05, 0) is 43.5 Å². The van der Waals surface area contributed by atoms with Gasteiger partial charge in [-0.2, -0.15) is 0 Å². The summed E-state index contributed by atoms with van der Waals surface area (Å²) in [6.45, 7) is 6.14. The van der Waals surface area contributed by atoms with E-state index < -0.39 is 0 Å². The summed E-state index contributed by atoms with van der Waals surface area (Å²) in [5.74, 6) is 0. The van der Waals surface area contributed by atoms with Crippen LogP contribution in [-0.2, 0) is 0 Å². The van der Waals surface area contributed by atoms with Gasteiger partial charge >= 0.3 is 0 Å². The molecule has 0 aromatic carbocycles. The Morgan fingerprint density at radius 3 is 2.81 bits per heavy atom. The van der Waals surface area contributed by atoms with E-state index in [1.54, 1.807) is 0 Å². The fourth-order valence-corrected chi connectivity index (χ4v) is 2.69. The van der Waals surface area contributed by atoms with Gasteiger partial charge in [-0.25, -0.2) is 0 Å². The standard InChI is InChI=1S/C13H18N2S/c1-9-7-11(8-15-6-5-12(9)14)13-4-3-10(2)16-13/h3-4,7,15H,5-6,8,14H2,1-2H3/b11-7+,12-9+. The van der Waals surface area contributed by atoms with Gasteiger partial charge < -0.3 is 11.1 Å². The molecule has 2 heterocycles. The first kappa shape index (κ1) is 11.4. The molecule has 0 saturated heterocycles. The van der Waals surface area contributed by atoms with Crippen LogP contribution < -0.4 is 11.1 Å². The Balaban J connectivity index is 2.34. The predicted octanol–water partition coefficient (Wildman–Crippen LogP) is 2.67. The van der Waals surface area contributed by atoms with Gasteiger partial charge in [0.25, 0.3) is 0 Å². The molecule has 1 aliphatic rings. The smallest absolute Gasteiger partial charge is 0.0318 e. The molecule has 86 valence electrons. The van der Waals surface area contributed by atoms with Crippen molar-refractivity contribution in [2.75, 3.05) is 13.1 Å². The minimum Gasteiger partial charge on any atom is -0.402 e. The summed E-state index contributed by atoms with van der Waals surface area (Å²) >= 11 is 1.84. The van der Waals surface area contributed by atoms with Crippen LogP contribution in [0.25, 0.3) is 5.57 Å². The first-order chi connectivity index (χ1) is 7.66. The van der Waals surface area contributed by atoms with Crippen LogP contribution in [0.3, 0.4) is 0 Å². The number of hydrogen-bond acceptors (Lipinski definition) is 3. The molecule has 0 saturated carbocycles. The van der Waals surface area contributed by atoms with Crippen LogP contribution in [0.15, 0.2) is 29.5 Å². The van der Waals surface area contributed by atoms with Crippen LogP contribution in [-0.4, -0.2) is 13.1 Å². The molecule has 0 atom stereocenters. The molecule has 0 spiro atoms. The highest BCUT2D eigenvalue weighted by Crippen LogP contribution is 2.25. The third-order valence-corrected chi connectivity index (χ3v) is 3.92. The van der Waals surface area contributed by atoms with Crippen molar-refractivity contribution >= 4 is 16.9 Å². The Morgan fingerprint density at radius 1 is 1.31 bits per heavy atom. The molecule has 1 aromatic rings. The summed E-state index contributed by atoms with van der Waals surface area (Å²) in [5, 5.41) is 3.42. The number of aryl methyl sites for hydroxylation is 1. The monoisotopic (exact) mass is 234 g/mol. The number of hydrogen-bond donors (Lipinski definition) is 2. The van der Waals surface area contributed by atoms with Crippen LogP contribution in [0.4, 0.5) is 0 Å². The molecule has 0 radical (unpaired) electrons. The van der Waals surface area contributed by atoms with Gasteiger partial charge in [-0.1, -0.05) is 6.08 Å². The van der Waals surface area contributed by atoms with E-state index in [4.69, 9.17) is 5.73 Å². The maximum absolute atomic E-state index is 5.99. The topological polar surface area (TPSA) is 38.0 Å². The minimum atomic E-state index is 0.935. The van der Waals surface area contributed by atoms with E-state index in [-0.39, 0.29) is 0 Å². The van der Waals surface area contributed by atoms with E-state index >= 15 is 0 Å². The average Bonchev–Trinajstić information content (AvgIpc) is 2.66. The van der Waals surface area contributed by atoms with Crippen molar-refractivity contribution in [3.63, 3.8) is 0 Å². The highest BCUT2D eigenvalue weighted by atomic mass is 32.1. The molecule has 3 heteroatoms. The predicted molar refractivity (Wildman–Crippen MR) is 71.4 cm³/mol. The lowest BCUT2D eigenvalue weighted by Gasteiger charge is -2.14. The van der Waals surface area contributed by atoms with Crippen molar-refractivity contribution in [2.45, 2.75) is 20.3 Å². The Labute approximate surface area is 101 Å². The van der Waals surface area contributed by atoms with Gasteiger partial charge in [0.2, 0.25) is 0 Å². The SMILES string of the molecule is CC1=C(\N)CCNC/C(c2ccc(C)s2)=C\1. The molecular formula is C13H18N2S. The van der Waals surface area contributed by atoms with E-state index in [0.29, 0.717) is 0 Å². The van der Waals surface area contributed by atoms with Gasteiger partial charge in [0, 0.05) is 28.5 Å². The summed E-state index contributed by atoms with van der Waals surface area (Å²) < 4.78 is 0. The van der Waals surface area contributed by atoms with E-state index in [0.717, 1.165) is 25.2 Å². The van der Waals surface area contributed by atoms with Crippen molar-refractivity contribution in [2.24, 2.45) is 5.73 Å². The third kappa shape index (κ3) is 2.54. The Bertz CT molecular complexity index is 441. The third-order valence-electron chi connectivity index (χ3n) is 2.84. The van der Waals surface area contributed by atoms with Crippen LogP contribution in [0.1, 0.15) is 23.1 Å². The second-order valence-corrected chi connectivity index (χ2v) is 5.50. The van der Waals surface area contributed by atoms with Crippen LogP contribution in [0.2, 0.25) is 0 Å². The number of nitrogens with two attached hydrogens (primary N) is 1. The van der Waals surface area contributed by atoms with Crippen LogP contribution >= 0.6 is 11.3 Å². The number of allylic oxidation sites excluding steroid dienone is 2. The number of thiophene rings is 1. The molecule has 1 aliphatic heterocycles. The van der Waals surface area contributed by atoms with Crippen molar-refractivity contribution in [3.8, 4) is 0 Å². The highest BCUT2D eigenvalue weighted by Gasteiger charge is 2.08. The summed E-state index contributed by atoms with van der Waals surface area (Å²) in [6, 6.07) is 4.36. The van der Waals surface area contributed by atoms with Gasteiger partial charge in [-0.15, -0.1) is 11.3 Å². The first-order valence-corrected chi connectivity index (χ1v) is 6.42. The van der Waals surface area contributed by atoms with Crippen molar-refractivity contribution < 1.29 is 0 Å². The zero-order chi connectivity index (χ0) is 11.5. The molecule has 0 amide bonds. The lowest BCUT2D eigenvalue weighted by atomic mass is 10.1. The summed E-state index contributed by atoms with van der Waals surface area (Å²) in [5.41, 5.74) is 9.55. The normalized spacial score (nSPS) is 25.8. The first-order valence-electron chi connectivity index (χ1n) is 5.60. The summed E-state index contributed by atoms with van der Waals surface area (Å²) in [7, 11) is 0. The Hall–Kier alpha value is -1.06.